The molecule has 2 aliphatic heterocycles. The molecular formula is C13H20N2O. The standard InChI is InChI=1S/C13H20N2O/c1-14-8-4-11-5-9-16-12(13(11)14)10-15-6-2-3-7-15/h4,8,12H,2-3,5-7,9-10H2,1H3. The number of rotatable bonds is 2. The van der Waals surface area contributed by atoms with E-state index < -0.39 is 0 Å². The van der Waals surface area contributed by atoms with Gasteiger partial charge in [-0.15, -0.1) is 0 Å². The lowest BCUT2D eigenvalue weighted by Gasteiger charge is -2.28. The molecule has 1 saturated heterocycles. The van der Waals surface area contributed by atoms with E-state index in [1.165, 1.54) is 37.2 Å². The molecule has 0 N–H and O–H groups in total. The van der Waals surface area contributed by atoms with E-state index in [0.717, 1.165) is 19.6 Å². The number of nitrogens with zero attached hydrogens (tertiary/aromatic N) is 2. The van der Waals surface area contributed by atoms with Crippen molar-refractivity contribution < 1.29 is 4.74 Å². The first-order chi connectivity index (χ1) is 7.84. The van der Waals surface area contributed by atoms with Gasteiger partial charge in [-0.05, 0) is 44.0 Å². The number of fused-ring (bicyclic) bond motifs is 1. The number of hydrogen-bond acceptors (Lipinski definition) is 2. The van der Waals surface area contributed by atoms with Crippen molar-refractivity contribution in [3.05, 3.63) is 23.5 Å². The summed E-state index contributed by atoms with van der Waals surface area (Å²) in [4.78, 5) is 2.53. The Kier molecular flexibility index (Phi) is 2.74. The van der Waals surface area contributed by atoms with Crippen LogP contribution in [-0.2, 0) is 18.2 Å². The SMILES string of the molecule is Cn1ccc2c1C(CN1CCCC1)OCC2. The fourth-order valence-corrected chi connectivity index (χ4v) is 2.97. The minimum absolute atomic E-state index is 0.293. The van der Waals surface area contributed by atoms with Crippen molar-refractivity contribution in [1.29, 1.82) is 0 Å². The van der Waals surface area contributed by atoms with Gasteiger partial charge in [-0.3, -0.25) is 0 Å². The fraction of sp³-hybridized carbons (Fsp3) is 0.692. The van der Waals surface area contributed by atoms with Gasteiger partial charge in [-0.25, -0.2) is 0 Å². The van der Waals surface area contributed by atoms with E-state index in [9.17, 15) is 0 Å². The van der Waals surface area contributed by atoms with Crippen LogP contribution in [-0.4, -0.2) is 35.7 Å². The smallest absolute Gasteiger partial charge is 0.110 e. The molecule has 0 aliphatic carbocycles. The predicted octanol–water partition coefficient (Wildman–Crippen LogP) is 1.73. The number of aromatic nitrogens is 1. The number of aryl methyl sites for hydroxylation is 1. The van der Waals surface area contributed by atoms with Gasteiger partial charge in [-0.1, -0.05) is 0 Å². The van der Waals surface area contributed by atoms with Gasteiger partial charge < -0.3 is 14.2 Å². The average Bonchev–Trinajstić information content (AvgIpc) is 2.90. The molecule has 0 aromatic carbocycles. The molecule has 3 heteroatoms. The summed E-state index contributed by atoms with van der Waals surface area (Å²) in [5.41, 5.74) is 2.89. The molecule has 1 aromatic rings. The molecule has 3 rings (SSSR count). The second-order valence-corrected chi connectivity index (χ2v) is 4.95. The first kappa shape index (κ1) is 10.4. The molecule has 0 amide bonds. The summed E-state index contributed by atoms with van der Waals surface area (Å²) in [5.74, 6) is 0. The van der Waals surface area contributed by atoms with Gasteiger partial charge >= 0.3 is 0 Å². The molecule has 88 valence electrons. The van der Waals surface area contributed by atoms with E-state index in [1.54, 1.807) is 0 Å². The van der Waals surface area contributed by atoms with Crippen molar-refractivity contribution in [2.24, 2.45) is 7.05 Å². The zero-order chi connectivity index (χ0) is 11.0. The largest absolute Gasteiger partial charge is 0.370 e. The zero-order valence-electron chi connectivity index (χ0n) is 9.98. The third-order valence-electron chi connectivity index (χ3n) is 3.83. The highest BCUT2D eigenvalue weighted by Crippen LogP contribution is 2.29. The van der Waals surface area contributed by atoms with Crippen molar-refractivity contribution in [3.63, 3.8) is 0 Å². The summed E-state index contributed by atoms with van der Waals surface area (Å²) in [5, 5.41) is 0. The Morgan fingerprint density at radius 3 is 3.00 bits per heavy atom. The minimum atomic E-state index is 0.293. The van der Waals surface area contributed by atoms with E-state index in [0.29, 0.717) is 6.10 Å². The molecule has 0 radical (unpaired) electrons. The summed E-state index contributed by atoms with van der Waals surface area (Å²) in [7, 11) is 2.13. The second kappa shape index (κ2) is 4.22. The maximum Gasteiger partial charge on any atom is 0.110 e. The second-order valence-electron chi connectivity index (χ2n) is 4.95. The molecule has 1 aromatic heterocycles. The van der Waals surface area contributed by atoms with Crippen LogP contribution >= 0.6 is 0 Å². The van der Waals surface area contributed by atoms with Gasteiger partial charge in [0.05, 0.1) is 12.3 Å². The average molecular weight is 220 g/mol. The molecule has 2 aliphatic rings. The van der Waals surface area contributed by atoms with Gasteiger partial charge in [-0.2, -0.15) is 0 Å². The molecule has 0 saturated carbocycles. The van der Waals surface area contributed by atoms with Crippen LogP contribution in [0.3, 0.4) is 0 Å². The third-order valence-corrected chi connectivity index (χ3v) is 3.83. The van der Waals surface area contributed by atoms with Gasteiger partial charge in [0.25, 0.3) is 0 Å². The monoisotopic (exact) mass is 220 g/mol. The van der Waals surface area contributed by atoms with E-state index in [4.69, 9.17) is 4.74 Å². The summed E-state index contributed by atoms with van der Waals surface area (Å²) in [6.45, 7) is 4.46. The summed E-state index contributed by atoms with van der Waals surface area (Å²) >= 11 is 0. The Hall–Kier alpha value is -0.800. The van der Waals surface area contributed by atoms with Gasteiger partial charge in [0.2, 0.25) is 0 Å². The third kappa shape index (κ3) is 1.78. The van der Waals surface area contributed by atoms with Crippen molar-refractivity contribution >= 4 is 0 Å². The molecule has 1 atom stereocenters. The van der Waals surface area contributed by atoms with Gasteiger partial charge in [0.1, 0.15) is 6.10 Å². The topological polar surface area (TPSA) is 17.4 Å². The van der Waals surface area contributed by atoms with E-state index in [-0.39, 0.29) is 0 Å². The number of likely N-dealkylation sites (tertiary alicyclic amines) is 1. The number of ether oxygens (including phenoxy) is 1. The fourth-order valence-electron chi connectivity index (χ4n) is 2.97. The first-order valence-corrected chi connectivity index (χ1v) is 6.32. The van der Waals surface area contributed by atoms with Crippen LogP contribution in [0.5, 0.6) is 0 Å². The normalized spacial score (nSPS) is 25.9. The van der Waals surface area contributed by atoms with Crippen LogP contribution in [0, 0.1) is 0 Å². The van der Waals surface area contributed by atoms with Crippen LogP contribution in [0.25, 0.3) is 0 Å². The van der Waals surface area contributed by atoms with E-state index >= 15 is 0 Å². The molecule has 0 spiro atoms. The van der Waals surface area contributed by atoms with Gasteiger partial charge in [0.15, 0.2) is 0 Å². The predicted molar refractivity (Wildman–Crippen MR) is 63.5 cm³/mol. The maximum absolute atomic E-state index is 5.94. The van der Waals surface area contributed by atoms with Crippen molar-refractivity contribution in [2.45, 2.75) is 25.4 Å². The van der Waals surface area contributed by atoms with Crippen LogP contribution in [0.2, 0.25) is 0 Å². The maximum atomic E-state index is 5.94. The first-order valence-electron chi connectivity index (χ1n) is 6.32. The van der Waals surface area contributed by atoms with Crippen molar-refractivity contribution in [1.82, 2.24) is 9.47 Å². The Bertz CT molecular complexity index is 366. The molecule has 1 fully saturated rings. The molecule has 16 heavy (non-hydrogen) atoms. The Morgan fingerprint density at radius 1 is 1.38 bits per heavy atom. The molecule has 3 heterocycles. The molecule has 0 bridgehead atoms. The van der Waals surface area contributed by atoms with Crippen LogP contribution in [0.1, 0.15) is 30.2 Å². The van der Waals surface area contributed by atoms with Gasteiger partial charge in [0, 0.05) is 19.8 Å². The highest BCUT2D eigenvalue weighted by molar-refractivity contribution is 5.26. The number of hydrogen-bond donors (Lipinski definition) is 0. The van der Waals surface area contributed by atoms with E-state index in [1.807, 2.05) is 0 Å². The van der Waals surface area contributed by atoms with Crippen molar-refractivity contribution in [2.75, 3.05) is 26.2 Å². The van der Waals surface area contributed by atoms with Crippen LogP contribution < -0.4 is 0 Å². The van der Waals surface area contributed by atoms with Crippen molar-refractivity contribution in [3.8, 4) is 0 Å². The quantitative estimate of drug-likeness (QED) is 0.755. The summed E-state index contributed by atoms with van der Waals surface area (Å²) < 4.78 is 8.17. The molecule has 1 unspecified atom stereocenters. The lowest BCUT2D eigenvalue weighted by molar-refractivity contribution is 0.0160. The minimum Gasteiger partial charge on any atom is -0.370 e. The zero-order valence-corrected chi connectivity index (χ0v) is 9.98. The van der Waals surface area contributed by atoms with E-state index in [2.05, 4.69) is 28.8 Å². The van der Waals surface area contributed by atoms with Crippen LogP contribution in [0.15, 0.2) is 12.3 Å². The highest BCUT2D eigenvalue weighted by Gasteiger charge is 2.26. The Balaban J connectivity index is 1.78. The summed E-state index contributed by atoms with van der Waals surface area (Å²) in [6, 6.07) is 2.24. The lowest BCUT2D eigenvalue weighted by Crippen LogP contribution is -2.30. The lowest BCUT2D eigenvalue weighted by atomic mass is 10.1. The Morgan fingerprint density at radius 2 is 2.19 bits per heavy atom. The molecule has 3 nitrogen and oxygen atoms in total. The highest BCUT2D eigenvalue weighted by atomic mass is 16.5. The Labute approximate surface area is 97.0 Å². The van der Waals surface area contributed by atoms with Crippen LogP contribution in [0.4, 0.5) is 0 Å². The molecular weight excluding hydrogens is 200 g/mol. The summed E-state index contributed by atoms with van der Waals surface area (Å²) in [6.07, 6.45) is 6.24.